The van der Waals surface area contributed by atoms with Gasteiger partial charge in [0.25, 0.3) is 0 Å². The van der Waals surface area contributed by atoms with Crippen molar-refractivity contribution < 1.29 is 23.8 Å². The van der Waals surface area contributed by atoms with Crippen LogP contribution in [-0.4, -0.2) is 55.9 Å². The van der Waals surface area contributed by atoms with E-state index in [2.05, 4.69) is 0 Å². The number of hydrogen-bond donors (Lipinski definition) is 0. The van der Waals surface area contributed by atoms with Gasteiger partial charge in [-0.3, -0.25) is 14.5 Å². The minimum atomic E-state index is -0.741. The monoisotopic (exact) mass is 347 g/mol. The highest BCUT2D eigenvalue weighted by Crippen LogP contribution is 2.25. The zero-order valence-corrected chi connectivity index (χ0v) is 14.6. The highest BCUT2D eigenvalue weighted by atomic mass is 16.7. The van der Waals surface area contributed by atoms with E-state index in [9.17, 15) is 9.59 Å². The quantitative estimate of drug-likeness (QED) is 0.577. The molecular weight excluding hydrogens is 322 g/mol. The summed E-state index contributed by atoms with van der Waals surface area (Å²) in [4.78, 5) is 26.7. The Bertz CT molecular complexity index is 585. The van der Waals surface area contributed by atoms with Gasteiger partial charge in [0, 0.05) is 19.7 Å². The number of benzene rings is 1. The number of carbonyl (C=O) groups excluding carboxylic acids is 2. The highest BCUT2D eigenvalue weighted by molar-refractivity contribution is 6.03. The van der Waals surface area contributed by atoms with Crippen molar-refractivity contribution in [3.63, 3.8) is 0 Å². The van der Waals surface area contributed by atoms with Crippen LogP contribution >= 0.6 is 0 Å². The Balaban J connectivity index is 1.67. The number of carbonyl (C=O) groups is 2. The summed E-state index contributed by atoms with van der Waals surface area (Å²) in [6, 6.07) is 9.46. The second kappa shape index (κ2) is 8.56. The molecule has 0 aliphatic carbocycles. The van der Waals surface area contributed by atoms with Crippen molar-refractivity contribution in [1.82, 2.24) is 4.90 Å². The molecule has 2 aliphatic rings. The van der Waals surface area contributed by atoms with Gasteiger partial charge in [0.1, 0.15) is 5.92 Å². The Morgan fingerprint density at radius 1 is 1.28 bits per heavy atom. The Morgan fingerprint density at radius 2 is 2.08 bits per heavy atom. The molecule has 0 N–H and O–H groups in total. The largest absolute Gasteiger partial charge is 0.468 e. The second-order valence-corrected chi connectivity index (χ2v) is 6.54. The molecule has 2 heterocycles. The van der Waals surface area contributed by atoms with Gasteiger partial charge < -0.3 is 14.2 Å². The minimum absolute atomic E-state index is 0.126. The molecular formula is C19H25NO5. The summed E-state index contributed by atoms with van der Waals surface area (Å²) >= 11 is 0. The molecule has 0 saturated carbocycles. The van der Waals surface area contributed by atoms with Gasteiger partial charge >= 0.3 is 5.97 Å². The molecule has 136 valence electrons. The van der Waals surface area contributed by atoms with Crippen molar-refractivity contribution in [2.75, 3.05) is 26.9 Å². The van der Waals surface area contributed by atoms with Crippen LogP contribution in [0, 0.1) is 5.92 Å². The van der Waals surface area contributed by atoms with Gasteiger partial charge in [-0.05, 0) is 24.8 Å². The first-order valence-corrected chi connectivity index (χ1v) is 8.82. The molecule has 3 atom stereocenters. The summed E-state index contributed by atoms with van der Waals surface area (Å²) in [7, 11) is 1.32. The Morgan fingerprint density at radius 3 is 2.76 bits per heavy atom. The third kappa shape index (κ3) is 4.45. The summed E-state index contributed by atoms with van der Waals surface area (Å²) in [5.74, 6) is -1.34. The van der Waals surface area contributed by atoms with Gasteiger partial charge in [-0.15, -0.1) is 0 Å². The number of hydrogen-bond acceptors (Lipinski definition) is 6. The molecule has 25 heavy (non-hydrogen) atoms. The molecule has 2 fully saturated rings. The highest BCUT2D eigenvalue weighted by Gasteiger charge is 2.45. The van der Waals surface area contributed by atoms with E-state index < -0.39 is 17.9 Å². The molecule has 1 aromatic carbocycles. The van der Waals surface area contributed by atoms with E-state index in [-0.39, 0.29) is 18.7 Å². The van der Waals surface area contributed by atoms with Gasteiger partial charge in [0.15, 0.2) is 12.1 Å². The van der Waals surface area contributed by atoms with Crippen LogP contribution in [0.15, 0.2) is 30.3 Å². The number of ketones is 1. The third-order valence-corrected chi connectivity index (χ3v) is 4.82. The molecule has 0 bridgehead atoms. The minimum Gasteiger partial charge on any atom is -0.468 e. The normalized spacial score (nSPS) is 27.4. The molecule has 0 radical (unpaired) electrons. The van der Waals surface area contributed by atoms with Crippen molar-refractivity contribution in [3.05, 3.63) is 35.9 Å². The topological polar surface area (TPSA) is 65.1 Å². The lowest BCUT2D eigenvalue weighted by Crippen LogP contribution is -2.39. The molecule has 6 heteroatoms. The first-order valence-electron chi connectivity index (χ1n) is 8.82. The molecule has 0 amide bonds. The lowest BCUT2D eigenvalue weighted by Gasteiger charge is -2.27. The predicted octanol–water partition coefficient (Wildman–Crippen LogP) is 1.77. The number of esters is 1. The molecule has 0 aromatic heterocycles. The molecule has 1 aromatic rings. The number of methoxy groups -OCH3 is 1. The van der Waals surface area contributed by atoms with E-state index in [1.54, 1.807) is 0 Å². The van der Waals surface area contributed by atoms with E-state index in [0.717, 1.165) is 24.8 Å². The predicted molar refractivity (Wildman–Crippen MR) is 90.7 cm³/mol. The summed E-state index contributed by atoms with van der Waals surface area (Å²) in [5.41, 5.74) is 1.10. The smallest absolute Gasteiger partial charge is 0.317 e. The molecule has 6 nitrogen and oxygen atoms in total. The van der Waals surface area contributed by atoms with Crippen LogP contribution < -0.4 is 0 Å². The van der Waals surface area contributed by atoms with Crippen molar-refractivity contribution in [1.29, 1.82) is 0 Å². The van der Waals surface area contributed by atoms with Gasteiger partial charge in [-0.1, -0.05) is 30.3 Å². The van der Waals surface area contributed by atoms with E-state index in [1.165, 1.54) is 7.11 Å². The summed E-state index contributed by atoms with van der Waals surface area (Å²) in [5, 5.41) is 0. The number of rotatable bonds is 6. The lowest BCUT2D eigenvalue weighted by molar-refractivity contribution is -0.171. The van der Waals surface area contributed by atoms with Gasteiger partial charge in [-0.25, -0.2) is 0 Å². The Labute approximate surface area is 148 Å². The van der Waals surface area contributed by atoms with Crippen molar-refractivity contribution >= 4 is 11.8 Å². The fourth-order valence-electron chi connectivity index (χ4n) is 3.42. The van der Waals surface area contributed by atoms with Crippen LogP contribution in [0.5, 0.6) is 0 Å². The first kappa shape index (κ1) is 18.0. The van der Waals surface area contributed by atoms with E-state index in [0.29, 0.717) is 19.7 Å². The molecule has 3 unspecified atom stereocenters. The SMILES string of the molecule is COC(=O)C1CN(Cc2ccccc2)C(COC2CCCCO2)C1=O. The second-order valence-electron chi connectivity index (χ2n) is 6.54. The molecule has 3 rings (SSSR count). The maximum atomic E-state index is 12.7. The zero-order valence-electron chi connectivity index (χ0n) is 14.6. The number of Topliss-reactive ketones (excluding diaryl/α,β-unsaturated/α-hetero) is 1. The zero-order chi connectivity index (χ0) is 17.6. The van der Waals surface area contributed by atoms with Gasteiger partial charge in [0.2, 0.25) is 0 Å². The Kier molecular flexibility index (Phi) is 6.18. The fraction of sp³-hybridized carbons (Fsp3) is 0.579. The summed E-state index contributed by atoms with van der Waals surface area (Å²) in [6.07, 6.45) is 2.71. The maximum Gasteiger partial charge on any atom is 0.317 e. The number of ether oxygens (including phenoxy) is 3. The average Bonchev–Trinajstić information content (AvgIpc) is 2.96. The summed E-state index contributed by atoms with van der Waals surface area (Å²) in [6.45, 7) is 1.89. The first-order chi connectivity index (χ1) is 12.2. The number of nitrogens with zero attached hydrogens (tertiary/aromatic N) is 1. The average molecular weight is 347 g/mol. The Hall–Kier alpha value is -1.76. The van der Waals surface area contributed by atoms with Crippen LogP contribution in [-0.2, 0) is 30.3 Å². The molecule has 2 saturated heterocycles. The van der Waals surface area contributed by atoms with Crippen molar-refractivity contribution in [3.8, 4) is 0 Å². The maximum absolute atomic E-state index is 12.7. The van der Waals surface area contributed by atoms with Gasteiger partial charge in [-0.2, -0.15) is 0 Å². The van der Waals surface area contributed by atoms with Crippen LogP contribution in [0.25, 0.3) is 0 Å². The van der Waals surface area contributed by atoms with Crippen LogP contribution in [0.3, 0.4) is 0 Å². The lowest BCUT2D eigenvalue weighted by atomic mass is 10.0. The van der Waals surface area contributed by atoms with Crippen molar-refractivity contribution in [2.24, 2.45) is 5.92 Å². The van der Waals surface area contributed by atoms with E-state index >= 15 is 0 Å². The van der Waals surface area contributed by atoms with Crippen LogP contribution in [0.2, 0.25) is 0 Å². The van der Waals surface area contributed by atoms with Crippen LogP contribution in [0.4, 0.5) is 0 Å². The number of likely N-dealkylation sites (tertiary alicyclic amines) is 1. The van der Waals surface area contributed by atoms with Gasteiger partial charge in [0.05, 0.1) is 19.8 Å². The van der Waals surface area contributed by atoms with Crippen molar-refractivity contribution in [2.45, 2.75) is 38.1 Å². The fourth-order valence-corrected chi connectivity index (χ4v) is 3.42. The molecule has 0 spiro atoms. The van der Waals surface area contributed by atoms with E-state index in [4.69, 9.17) is 14.2 Å². The van der Waals surface area contributed by atoms with Crippen LogP contribution in [0.1, 0.15) is 24.8 Å². The molecule has 2 aliphatic heterocycles. The summed E-state index contributed by atoms with van der Waals surface area (Å²) < 4.78 is 16.2. The third-order valence-electron chi connectivity index (χ3n) is 4.82. The standard InChI is InChI=1S/C19H25NO5/c1-23-19(22)15-12-20(11-14-7-3-2-4-8-14)16(18(15)21)13-25-17-9-5-6-10-24-17/h2-4,7-8,15-17H,5-6,9-13H2,1H3. The van der Waals surface area contributed by atoms with E-state index in [1.807, 2.05) is 35.2 Å².